The van der Waals surface area contributed by atoms with Crippen LogP contribution in [0.3, 0.4) is 0 Å². The maximum atomic E-state index is 12.3. The smallest absolute Gasteiger partial charge is 0.255 e. The average Bonchev–Trinajstić information content (AvgIpc) is 2.53. The number of anilines is 1. The van der Waals surface area contributed by atoms with Crippen molar-refractivity contribution in [1.82, 2.24) is 0 Å². The number of benzene rings is 2. The van der Waals surface area contributed by atoms with E-state index in [-0.39, 0.29) is 17.3 Å². The molecule has 0 heterocycles. The van der Waals surface area contributed by atoms with E-state index in [0.717, 1.165) is 0 Å². The Labute approximate surface area is 139 Å². The molecular formula is C17H18ClNO4. The molecule has 2 aromatic rings. The summed E-state index contributed by atoms with van der Waals surface area (Å²) in [5, 5.41) is 12.8. The van der Waals surface area contributed by atoms with Gasteiger partial charge in [0.1, 0.15) is 5.75 Å². The first-order chi connectivity index (χ1) is 11.0. The van der Waals surface area contributed by atoms with Gasteiger partial charge in [-0.2, -0.15) is 0 Å². The lowest BCUT2D eigenvalue weighted by molar-refractivity contribution is 0.102. The molecule has 0 aliphatic carbocycles. The fourth-order valence-electron chi connectivity index (χ4n) is 2.00. The summed E-state index contributed by atoms with van der Waals surface area (Å²) >= 11 is 5.87. The molecule has 0 radical (unpaired) electrons. The first-order valence-corrected chi connectivity index (χ1v) is 7.62. The van der Waals surface area contributed by atoms with Crippen LogP contribution < -0.4 is 14.8 Å². The number of hydrogen-bond acceptors (Lipinski definition) is 4. The maximum absolute atomic E-state index is 12.3. The molecule has 23 heavy (non-hydrogen) atoms. The molecule has 0 spiro atoms. The van der Waals surface area contributed by atoms with Gasteiger partial charge in [0.15, 0.2) is 11.5 Å². The lowest BCUT2D eigenvalue weighted by atomic mass is 10.1. The normalized spacial score (nSPS) is 10.2. The van der Waals surface area contributed by atoms with Gasteiger partial charge >= 0.3 is 0 Å². The van der Waals surface area contributed by atoms with Crippen LogP contribution in [0.1, 0.15) is 24.2 Å². The van der Waals surface area contributed by atoms with E-state index < -0.39 is 0 Å². The van der Waals surface area contributed by atoms with Gasteiger partial charge in [0, 0.05) is 10.6 Å². The van der Waals surface area contributed by atoms with Crippen molar-refractivity contribution in [3.05, 3.63) is 47.0 Å². The average molecular weight is 336 g/mol. The predicted octanol–water partition coefficient (Wildman–Crippen LogP) is 4.10. The number of carbonyl (C=O) groups is 1. The van der Waals surface area contributed by atoms with Crippen molar-refractivity contribution in [3.8, 4) is 17.2 Å². The zero-order valence-electron chi connectivity index (χ0n) is 12.9. The highest BCUT2D eigenvalue weighted by Gasteiger charge is 2.13. The van der Waals surface area contributed by atoms with Crippen LogP contribution in [0.2, 0.25) is 5.02 Å². The van der Waals surface area contributed by atoms with E-state index in [4.69, 9.17) is 21.1 Å². The fourth-order valence-corrected chi connectivity index (χ4v) is 2.17. The second-order valence-corrected chi connectivity index (χ2v) is 5.08. The number of rotatable bonds is 6. The van der Waals surface area contributed by atoms with Gasteiger partial charge < -0.3 is 19.9 Å². The van der Waals surface area contributed by atoms with Gasteiger partial charge in [-0.25, -0.2) is 0 Å². The molecule has 1 amide bonds. The highest BCUT2D eigenvalue weighted by Crippen LogP contribution is 2.30. The van der Waals surface area contributed by atoms with Crippen LogP contribution in [0.25, 0.3) is 0 Å². The Kier molecular flexibility index (Phi) is 5.71. The first-order valence-electron chi connectivity index (χ1n) is 7.24. The number of halogens is 1. The molecule has 0 saturated heterocycles. The highest BCUT2D eigenvalue weighted by atomic mass is 35.5. The van der Waals surface area contributed by atoms with E-state index >= 15 is 0 Å². The van der Waals surface area contributed by atoms with Crippen LogP contribution in [0, 0.1) is 0 Å². The van der Waals surface area contributed by atoms with E-state index in [1.807, 2.05) is 13.8 Å². The fraction of sp³-hybridized carbons (Fsp3) is 0.235. The Balaban J connectivity index is 2.25. The van der Waals surface area contributed by atoms with E-state index in [9.17, 15) is 9.90 Å². The summed E-state index contributed by atoms with van der Waals surface area (Å²) in [6.45, 7) is 4.69. The summed E-state index contributed by atoms with van der Waals surface area (Å²) in [6.07, 6.45) is 0. The molecule has 6 heteroatoms. The zero-order valence-corrected chi connectivity index (χ0v) is 13.7. The third-order valence-corrected chi connectivity index (χ3v) is 3.25. The van der Waals surface area contributed by atoms with Gasteiger partial charge in [-0.15, -0.1) is 0 Å². The van der Waals surface area contributed by atoms with Crippen molar-refractivity contribution in [2.24, 2.45) is 0 Å². The van der Waals surface area contributed by atoms with Crippen LogP contribution in [-0.2, 0) is 0 Å². The molecule has 0 unspecified atom stereocenters. The molecule has 2 aromatic carbocycles. The van der Waals surface area contributed by atoms with Crippen molar-refractivity contribution in [3.63, 3.8) is 0 Å². The number of hydrogen-bond donors (Lipinski definition) is 2. The second-order valence-electron chi connectivity index (χ2n) is 4.64. The summed E-state index contributed by atoms with van der Waals surface area (Å²) in [5.41, 5.74) is 0.630. The Morgan fingerprint density at radius 2 is 1.78 bits per heavy atom. The molecule has 0 fully saturated rings. The van der Waals surface area contributed by atoms with Gasteiger partial charge in [0.25, 0.3) is 5.91 Å². The topological polar surface area (TPSA) is 67.8 Å². The molecule has 0 saturated carbocycles. The number of aromatic hydroxyl groups is 1. The number of nitrogens with one attached hydrogen (secondary N) is 1. The Morgan fingerprint density at radius 3 is 2.48 bits per heavy atom. The summed E-state index contributed by atoms with van der Waals surface area (Å²) < 4.78 is 11.0. The van der Waals surface area contributed by atoms with Crippen LogP contribution in [0.15, 0.2) is 36.4 Å². The quantitative estimate of drug-likeness (QED) is 0.780. The van der Waals surface area contributed by atoms with Crippen LogP contribution in [0.5, 0.6) is 17.2 Å². The molecule has 2 N–H and O–H groups in total. The minimum atomic E-state index is -0.383. The minimum Gasteiger partial charge on any atom is -0.506 e. The number of phenols is 1. The van der Waals surface area contributed by atoms with Crippen LogP contribution >= 0.6 is 11.6 Å². The Hall–Kier alpha value is -2.40. The van der Waals surface area contributed by atoms with Crippen LogP contribution in [0.4, 0.5) is 5.69 Å². The number of amides is 1. The van der Waals surface area contributed by atoms with E-state index in [1.165, 1.54) is 18.2 Å². The maximum Gasteiger partial charge on any atom is 0.255 e. The number of ether oxygens (including phenoxy) is 2. The van der Waals surface area contributed by atoms with Crippen molar-refractivity contribution >= 4 is 23.2 Å². The van der Waals surface area contributed by atoms with Crippen molar-refractivity contribution in [2.75, 3.05) is 18.5 Å². The molecule has 122 valence electrons. The molecule has 2 rings (SSSR count). The summed E-state index contributed by atoms with van der Waals surface area (Å²) in [5.74, 6) is 0.638. The van der Waals surface area contributed by atoms with Gasteiger partial charge in [0.2, 0.25) is 0 Å². The molecule has 0 atom stereocenters. The zero-order chi connectivity index (χ0) is 16.8. The van der Waals surface area contributed by atoms with Crippen LogP contribution in [-0.4, -0.2) is 24.2 Å². The molecule has 5 nitrogen and oxygen atoms in total. The van der Waals surface area contributed by atoms with Gasteiger partial charge in [-0.05, 0) is 50.2 Å². The SMILES string of the molecule is CCOc1ccc(C(=O)Nc2cc(Cl)ccc2O)cc1OCC. The van der Waals surface area contributed by atoms with E-state index in [2.05, 4.69) is 5.32 Å². The lowest BCUT2D eigenvalue weighted by Gasteiger charge is -2.13. The van der Waals surface area contributed by atoms with Gasteiger partial charge in [0.05, 0.1) is 18.9 Å². The van der Waals surface area contributed by atoms with Gasteiger partial charge in [-0.3, -0.25) is 4.79 Å². The largest absolute Gasteiger partial charge is 0.506 e. The molecular weight excluding hydrogens is 318 g/mol. The molecule has 0 aliphatic rings. The third-order valence-electron chi connectivity index (χ3n) is 3.01. The van der Waals surface area contributed by atoms with Crippen molar-refractivity contribution in [1.29, 1.82) is 0 Å². The molecule has 0 bridgehead atoms. The van der Waals surface area contributed by atoms with Crippen molar-refractivity contribution in [2.45, 2.75) is 13.8 Å². The Morgan fingerprint density at radius 1 is 1.09 bits per heavy atom. The summed E-state index contributed by atoms with van der Waals surface area (Å²) in [4.78, 5) is 12.3. The first kappa shape index (κ1) is 17.0. The summed E-state index contributed by atoms with van der Waals surface area (Å²) in [7, 11) is 0. The number of phenolic OH excluding ortho intramolecular Hbond substituents is 1. The lowest BCUT2D eigenvalue weighted by Crippen LogP contribution is -2.12. The van der Waals surface area contributed by atoms with Crippen molar-refractivity contribution < 1.29 is 19.4 Å². The van der Waals surface area contributed by atoms with Gasteiger partial charge in [-0.1, -0.05) is 11.6 Å². The van der Waals surface area contributed by atoms with E-state index in [0.29, 0.717) is 35.3 Å². The Bertz CT molecular complexity index is 703. The monoisotopic (exact) mass is 335 g/mol. The standard InChI is InChI=1S/C17H18ClNO4/c1-3-22-15-8-5-11(9-16(15)23-4-2)17(21)19-13-10-12(18)6-7-14(13)20/h5-10,20H,3-4H2,1-2H3,(H,19,21). The predicted molar refractivity (Wildman–Crippen MR) is 89.9 cm³/mol. The third kappa shape index (κ3) is 4.29. The summed E-state index contributed by atoms with van der Waals surface area (Å²) in [6, 6.07) is 9.35. The second kappa shape index (κ2) is 7.74. The van der Waals surface area contributed by atoms with E-state index in [1.54, 1.807) is 18.2 Å². The number of carbonyl (C=O) groups excluding carboxylic acids is 1. The minimum absolute atomic E-state index is 0.0567. The molecule has 0 aromatic heterocycles. The molecule has 0 aliphatic heterocycles. The highest BCUT2D eigenvalue weighted by molar-refractivity contribution is 6.31.